The highest BCUT2D eigenvalue weighted by atomic mass is 32.2. The molecule has 0 fully saturated rings. The number of nitrogens with one attached hydrogen (secondary N) is 2. The van der Waals surface area contributed by atoms with Crippen molar-refractivity contribution in [1.82, 2.24) is 14.6 Å². The van der Waals surface area contributed by atoms with E-state index in [1.54, 1.807) is 26.0 Å². The Balaban J connectivity index is 1.80. The van der Waals surface area contributed by atoms with Gasteiger partial charge in [-0.1, -0.05) is 31.9 Å². The summed E-state index contributed by atoms with van der Waals surface area (Å²) in [5.41, 5.74) is 1.04. The van der Waals surface area contributed by atoms with Crippen molar-refractivity contribution in [1.29, 1.82) is 0 Å². The monoisotopic (exact) mass is 481 g/mol. The number of aromatic nitrogens is 1. The van der Waals surface area contributed by atoms with Crippen LogP contribution in [0.2, 0.25) is 0 Å². The number of rotatable bonds is 10. The first kappa shape index (κ1) is 25.0. The Morgan fingerprint density at radius 1 is 1.12 bits per heavy atom. The molecule has 0 spiro atoms. The summed E-state index contributed by atoms with van der Waals surface area (Å²) in [6.45, 7) is 4.69. The lowest BCUT2D eigenvalue weighted by atomic mass is 10.1. The molecule has 0 bridgehead atoms. The molecule has 1 aromatic heterocycles. The molecule has 178 valence electrons. The number of pyridine rings is 1. The molecule has 8 nitrogen and oxygen atoms in total. The van der Waals surface area contributed by atoms with E-state index in [2.05, 4.69) is 16.2 Å². The third-order valence-electron chi connectivity index (χ3n) is 5.35. The highest BCUT2D eigenvalue weighted by Gasteiger charge is 2.23. The number of benzene rings is 2. The van der Waals surface area contributed by atoms with Crippen molar-refractivity contribution in [2.24, 2.45) is 0 Å². The summed E-state index contributed by atoms with van der Waals surface area (Å²) in [7, 11) is -3.72. The van der Waals surface area contributed by atoms with Gasteiger partial charge in [-0.05, 0) is 42.3 Å². The third-order valence-corrected chi connectivity index (χ3v) is 7.39. The van der Waals surface area contributed by atoms with E-state index >= 15 is 0 Å². The van der Waals surface area contributed by atoms with Gasteiger partial charge in [0.2, 0.25) is 15.6 Å². The number of nitrogens with zero attached hydrogens (tertiary/aromatic N) is 1. The van der Waals surface area contributed by atoms with Crippen LogP contribution in [0.5, 0.6) is 5.75 Å². The van der Waals surface area contributed by atoms with E-state index < -0.39 is 21.5 Å². The number of sulfonamides is 1. The van der Waals surface area contributed by atoms with Crippen molar-refractivity contribution < 1.29 is 17.9 Å². The number of H-pyrrole nitrogens is 1. The van der Waals surface area contributed by atoms with Crippen molar-refractivity contribution in [2.45, 2.75) is 25.2 Å². The van der Waals surface area contributed by atoms with Crippen LogP contribution in [0.15, 0.2) is 58.2 Å². The van der Waals surface area contributed by atoms with Gasteiger partial charge in [-0.25, -0.2) is 8.42 Å². The summed E-state index contributed by atoms with van der Waals surface area (Å²) in [5, 5.41) is 3.17. The summed E-state index contributed by atoms with van der Waals surface area (Å²) >= 11 is 0. The molecule has 0 radical (unpaired) electrons. The minimum Gasteiger partial charge on any atom is -0.481 e. The fourth-order valence-electron chi connectivity index (χ4n) is 3.59. The second kappa shape index (κ2) is 11.0. The van der Waals surface area contributed by atoms with Crippen LogP contribution in [0.25, 0.3) is 10.9 Å². The molecule has 3 aromatic rings. The Bertz CT molecular complexity index is 1370. The molecule has 0 saturated carbocycles. The molecule has 0 aliphatic heterocycles. The Morgan fingerprint density at radius 3 is 2.47 bits per heavy atom. The normalized spacial score (nSPS) is 11.4. The summed E-state index contributed by atoms with van der Waals surface area (Å²) in [6, 6.07) is 12.9. The molecular weight excluding hydrogens is 454 g/mol. The van der Waals surface area contributed by atoms with Crippen LogP contribution in [0.4, 0.5) is 0 Å². The summed E-state index contributed by atoms with van der Waals surface area (Å²) < 4.78 is 32.5. The predicted molar refractivity (Wildman–Crippen MR) is 131 cm³/mol. The molecule has 0 saturated heterocycles. The highest BCUT2D eigenvalue weighted by molar-refractivity contribution is 7.89. The second-order valence-electron chi connectivity index (χ2n) is 7.49. The number of fused-ring (bicyclic) bond motifs is 1. The number of amides is 1. The molecule has 0 aliphatic rings. The highest BCUT2D eigenvalue weighted by Crippen LogP contribution is 2.23. The van der Waals surface area contributed by atoms with Crippen molar-refractivity contribution in [3.8, 4) is 18.1 Å². The van der Waals surface area contributed by atoms with Crippen LogP contribution in [-0.2, 0) is 16.4 Å². The SMILES string of the molecule is C#CCOc1ccc(CCNC(=O)c2cc(=O)[nH]c3ccc(S(=O)(=O)N(CC)CC)cc23)cc1. The molecule has 0 unspecified atom stereocenters. The Labute approximate surface area is 199 Å². The third kappa shape index (κ3) is 5.65. The topological polar surface area (TPSA) is 109 Å². The molecule has 3 rings (SSSR count). The summed E-state index contributed by atoms with van der Waals surface area (Å²) in [6.07, 6.45) is 5.74. The fraction of sp³-hybridized carbons (Fsp3) is 0.280. The first-order chi connectivity index (χ1) is 16.3. The van der Waals surface area contributed by atoms with Gasteiger partial charge < -0.3 is 15.0 Å². The van der Waals surface area contributed by atoms with Gasteiger partial charge in [0.25, 0.3) is 5.91 Å². The number of carbonyl (C=O) groups excluding carboxylic acids is 1. The smallest absolute Gasteiger partial charge is 0.252 e. The largest absolute Gasteiger partial charge is 0.481 e. The summed E-state index contributed by atoms with van der Waals surface area (Å²) in [4.78, 5) is 27.7. The van der Waals surface area contributed by atoms with Crippen LogP contribution >= 0.6 is 0 Å². The molecule has 1 heterocycles. The average molecular weight is 482 g/mol. The van der Waals surface area contributed by atoms with Crippen molar-refractivity contribution in [3.63, 3.8) is 0 Å². The number of carbonyl (C=O) groups is 1. The Hall–Kier alpha value is -3.61. The summed E-state index contributed by atoms with van der Waals surface area (Å²) in [5.74, 6) is 2.61. The van der Waals surface area contributed by atoms with E-state index in [1.165, 1.54) is 28.6 Å². The van der Waals surface area contributed by atoms with Crippen LogP contribution in [0.3, 0.4) is 0 Å². The van der Waals surface area contributed by atoms with E-state index in [0.29, 0.717) is 42.7 Å². The van der Waals surface area contributed by atoms with Crippen molar-refractivity contribution in [3.05, 3.63) is 70.0 Å². The number of hydrogen-bond donors (Lipinski definition) is 2. The van der Waals surface area contributed by atoms with E-state index in [1.807, 2.05) is 12.1 Å². The Kier molecular flexibility index (Phi) is 8.10. The maximum absolute atomic E-state index is 12.9. The average Bonchev–Trinajstić information content (AvgIpc) is 2.83. The zero-order valence-corrected chi connectivity index (χ0v) is 19.9. The lowest BCUT2D eigenvalue weighted by Crippen LogP contribution is -2.30. The lowest BCUT2D eigenvalue weighted by molar-refractivity contribution is 0.0955. The fourth-order valence-corrected chi connectivity index (χ4v) is 5.07. The molecule has 34 heavy (non-hydrogen) atoms. The van der Waals surface area contributed by atoms with E-state index in [4.69, 9.17) is 11.2 Å². The molecule has 2 N–H and O–H groups in total. The molecular formula is C25H27N3O5S. The quantitative estimate of drug-likeness (QED) is 0.433. The van der Waals surface area contributed by atoms with Crippen LogP contribution < -0.4 is 15.6 Å². The van der Waals surface area contributed by atoms with Gasteiger partial charge in [-0.2, -0.15) is 4.31 Å². The molecule has 2 aromatic carbocycles. The van der Waals surface area contributed by atoms with Crippen LogP contribution in [0, 0.1) is 12.3 Å². The van der Waals surface area contributed by atoms with Gasteiger partial charge in [0.1, 0.15) is 12.4 Å². The van der Waals surface area contributed by atoms with Crippen LogP contribution in [-0.4, -0.2) is 49.9 Å². The van der Waals surface area contributed by atoms with E-state index in [-0.39, 0.29) is 17.1 Å². The number of hydrogen-bond acceptors (Lipinski definition) is 5. The lowest BCUT2D eigenvalue weighted by Gasteiger charge is -2.19. The standard InChI is InChI=1S/C25H27N3O5S/c1-4-15-33-19-9-7-18(8-10-19)13-14-26-25(30)22-17-24(29)27-23-12-11-20(16-21(22)23)34(31,32)28(5-2)6-3/h1,7-12,16-17H,5-6,13-15H2,2-3H3,(H,26,30)(H,27,29). The number of terminal acetylenes is 1. The van der Waals surface area contributed by atoms with Gasteiger partial charge >= 0.3 is 0 Å². The van der Waals surface area contributed by atoms with Gasteiger partial charge in [-0.3, -0.25) is 9.59 Å². The number of aromatic amines is 1. The minimum absolute atomic E-state index is 0.0666. The first-order valence-corrected chi connectivity index (χ1v) is 12.3. The maximum atomic E-state index is 12.9. The van der Waals surface area contributed by atoms with Gasteiger partial charge in [0.15, 0.2) is 0 Å². The van der Waals surface area contributed by atoms with Crippen LogP contribution in [0.1, 0.15) is 29.8 Å². The van der Waals surface area contributed by atoms with Gasteiger partial charge in [0.05, 0.1) is 10.5 Å². The minimum atomic E-state index is -3.72. The molecule has 0 aliphatic carbocycles. The Morgan fingerprint density at radius 2 is 1.82 bits per heavy atom. The van der Waals surface area contributed by atoms with Gasteiger partial charge in [-0.15, -0.1) is 6.42 Å². The van der Waals surface area contributed by atoms with Crippen molar-refractivity contribution in [2.75, 3.05) is 26.2 Å². The van der Waals surface area contributed by atoms with Gasteiger partial charge in [0, 0.05) is 36.6 Å². The molecule has 1 amide bonds. The maximum Gasteiger partial charge on any atom is 0.252 e. The van der Waals surface area contributed by atoms with Crippen molar-refractivity contribution >= 4 is 26.8 Å². The van der Waals surface area contributed by atoms with E-state index in [0.717, 1.165) is 5.56 Å². The second-order valence-corrected chi connectivity index (χ2v) is 9.42. The first-order valence-electron chi connectivity index (χ1n) is 10.9. The number of ether oxygens (including phenoxy) is 1. The zero-order valence-electron chi connectivity index (χ0n) is 19.1. The van der Waals surface area contributed by atoms with E-state index in [9.17, 15) is 18.0 Å². The molecule has 9 heteroatoms. The molecule has 0 atom stereocenters. The zero-order chi connectivity index (χ0) is 24.7. The predicted octanol–water partition coefficient (Wildman–Crippen LogP) is 2.54.